The zero-order chi connectivity index (χ0) is 5.28. The second-order valence-corrected chi connectivity index (χ2v) is 1.76. The van der Waals surface area contributed by atoms with Crippen LogP contribution in [0.5, 0.6) is 0 Å². The van der Waals surface area contributed by atoms with Crippen LogP contribution in [0.4, 0.5) is 0 Å². The molecular weight excluding hydrogens is 112 g/mol. The SMILES string of the molecule is Cc1cc(Cl)[nH]n1. The van der Waals surface area contributed by atoms with Crippen molar-refractivity contribution in [1.29, 1.82) is 0 Å². The molecule has 7 heavy (non-hydrogen) atoms. The molecule has 0 aromatic carbocycles. The summed E-state index contributed by atoms with van der Waals surface area (Å²) in [4.78, 5) is 0. The first kappa shape index (κ1) is 4.65. The molecule has 0 aliphatic rings. The van der Waals surface area contributed by atoms with E-state index in [1.165, 1.54) is 0 Å². The van der Waals surface area contributed by atoms with Gasteiger partial charge in [0.15, 0.2) is 0 Å². The van der Waals surface area contributed by atoms with Crippen molar-refractivity contribution in [3.05, 3.63) is 16.9 Å². The third kappa shape index (κ3) is 0.933. The number of H-pyrrole nitrogens is 1. The maximum absolute atomic E-state index is 5.44. The molecule has 3 heteroatoms. The lowest BCUT2D eigenvalue weighted by molar-refractivity contribution is 1.05. The van der Waals surface area contributed by atoms with E-state index in [2.05, 4.69) is 10.2 Å². The van der Waals surface area contributed by atoms with E-state index in [-0.39, 0.29) is 0 Å². The lowest BCUT2D eigenvalue weighted by Crippen LogP contribution is -1.66. The standard InChI is InChI=1S/C4H5ClN2/c1-3-2-4(5)7-6-3/h2H,1H3,(H,6,7). The molecule has 1 aromatic heterocycles. The quantitative estimate of drug-likeness (QED) is 0.545. The molecule has 1 rings (SSSR count). The number of halogens is 1. The first-order valence-electron chi connectivity index (χ1n) is 1.96. The Morgan fingerprint density at radius 3 is 2.71 bits per heavy atom. The van der Waals surface area contributed by atoms with E-state index in [0.717, 1.165) is 5.69 Å². The Hall–Kier alpha value is -0.500. The van der Waals surface area contributed by atoms with Crippen LogP contribution < -0.4 is 0 Å². The van der Waals surface area contributed by atoms with Crippen molar-refractivity contribution in [3.8, 4) is 0 Å². The van der Waals surface area contributed by atoms with Gasteiger partial charge >= 0.3 is 0 Å². The van der Waals surface area contributed by atoms with E-state index in [9.17, 15) is 0 Å². The van der Waals surface area contributed by atoms with E-state index < -0.39 is 0 Å². The Balaban J connectivity index is 3.04. The third-order valence-electron chi connectivity index (χ3n) is 0.675. The van der Waals surface area contributed by atoms with Gasteiger partial charge in [0.1, 0.15) is 5.15 Å². The highest BCUT2D eigenvalue weighted by atomic mass is 35.5. The Bertz CT molecular complexity index is 142. The Kier molecular flexibility index (Phi) is 1.02. The van der Waals surface area contributed by atoms with E-state index in [1.807, 2.05) is 6.92 Å². The van der Waals surface area contributed by atoms with Crippen molar-refractivity contribution in [2.24, 2.45) is 0 Å². The molecule has 38 valence electrons. The van der Waals surface area contributed by atoms with Crippen LogP contribution in [0.15, 0.2) is 6.07 Å². The van der Waals surface area contributed by atoms with Crippen LogP contribution in [0.25, 0.3) is 0 Å². The van der Waals surface area contributed by atoms with E-state index >= 15 is 0 Å². The molecular formula is C4H5ClN2. The zero-order valence-electron chi connectivity index (χ0n) is 3.90. The number of aromatic amines is 1. The maximum atomic E-state index is 5.44. The predicted molar refractivity (Wildman–Crippen MR) is 28.3 cm³/mol. The van der Waals surface area contributed by atoms with Crippen molar-refractivity contribution in [2.45, 2.75) is 6.92 Å². The van der Waals surface area contributed by atoms with Crippen molar-refractivity contribution >= 4 is 11.6 Å². The van der Waals surface area contributed by atoms with Crippen molar-refractivity contribution in [1.82, 2.24) is 10.2 Å². The van der Waals surface area contributed by atoms with E-state index in [4.69, 9.17) is 11.6 Å². The normalized spacial score (nSPS) is 9.43. The molecule has 0 unspecified atom stereocenters. The summed E-state index contributed by atoms with van der Waals surface area (Å²) in [6.07, 6.45) is 0. The van der Waals surface area contributed by atoms with Crippen LogP contribution in [-0.2, 0) is 0 Å². The Morgan fingerprint density at radius 2 is 2.57 bits per heavy atom. The molecule has 1 N–H and O–H groups in total. The summed E-state index contributed by atoms with van der Waals surface area (Å²) >= 11 is 5.44. The van der Waals surface area contributed by atoms with Gasteiger partial charge < -0.3 is 0 Å². The highest BCUT2D eigenvalue weighted by Gasteiger charge is 1.86. The van der Waals surface area contributed by atoms with Gasteiger partial charge in [-0.05, 0) is 13.0 Å². The number of rotatable bonds is 0. The summed E-state index contributed by atoms with van der Waals surface area (Å²) in [7, 11) is 0. The summed E-state index contributed by atoms with van der Waals surface area (Å²) in [6, 6.07) is 1.77. The van der Waals surface area contributed by atoms with Crippen molar-refractivity contribution < 1.29 is 0 Å². The van der Waals surface area contributed by atoms with E-state index in [0.29, 0.717) is 5.15 Å². The summed E-state index contributed by atoms with van der Waals surface area (Å²) in [5.74, 6) is 0. The van der Waals surface area contributed by atoms with Gasteiger partial charge in [-0.1, -0.05) is 11.6 Å². The predicted octanol–water partition coefficient (Wildman–Crippen LogP) is 1.37. The highest BCUT2D eigenvalue weighted by Crippen LogP contribution is 2.02. The molecule has 0 aliphatic carbocycles. The van der Waals surface area contributed by atoms with Crippen LogP contribution in [0.2, 0.25) is 5.15 Å². The number of aromatic nitrogens is 2. The molecule has 0 atom stereocenters. The lowest BCUT2D eigenvalue weighted by Gasteiger charge is -1.64. The first-order chi connectivity index (χ1) is 3.29. The molecule has 2 nitrogen and oxygen atoms in total. The summed E-state index contributed by atoms with van der Waals surface area (Å²) in [5, 5.41) is 6.94. The molecule has 0 spiro atoms. The second-order valence-electron chi connectivity index (χ2n) is 1.36. The van der Waals surface area contributed by atoms with Gasteiger partial charge in [0.05, 0.1) is 5.69 Å². The average molecular weight is 117 g/mol. The molecule has 0 bridgehead atoms. The van der Waals surface area contributed by atoms with Crippen LogP contribution >= 0.6 is 11.6 Å². The molecule has 0 saturated carbocycles. The summed E-state index contributed by atoms with van der Waals surface area (Å²) < 4.78 is 0. The lowest BCUT2D eigenvalue weighted by atomic mass is 10.5. The topological polar surface area (TPSA) is 28.7 Å². The largest absolute Gasteiger partial charge is 0.267 e. The summed E-state index contributed by atoms with van der Waals surface area (Å²) in [6.45, 7) is 1.88. The molecule has 0 radical (unpaired) electrons. The van der Waals surface area contributed by atoms with Crippen LogP contribution in [0, 0.1) is 6.92 Å². The fourth-order valence-electron chi connectivity index (χ4n) is 0.390. The minimum atomic E-state index is 0.595. The van der Waals surface area contributed by atoms with Crippen LogP contribution in [0.3, 0.4) is 0 Å². The molecule has 0 aliphatic heterocycles. The number of nitrogens with one attached hydrogen (secondary N) is 1. The number of hydrogen-bond donors (Lipinski definition) is 1. The van der Waals surface area contributed by atoms with Gasteiger partial charge in [-0.15, -0.1) is 0 Å². The smallest absolute Gasteiger partial charge is 0.124 e. The highest BCUT2D eigenvalue weighted by molar-refractivity contribution is 6.29. The van der Waals surface area contributed by atoms with Crippen molar-refractivity contribution in [2.75, 3.05) is 0 Å². The average Bonchev–Trinajstić information content (AvgIpc) is 1.87. The summed E-state index contributed by atoms with van der Waals surface area (Å²) in [5.41, 5.74) is 0.921. The molecule has 0 saturated heterocycles. The molecule has 0 amide bonds. The molecule has 0 fully saturated rings. The first-order valence-corrected chi connectivity index (χ1v) is 2.34. The van der Waals surface area contributed by atoms with Gasteiger partial charge in [0.2, 0.25) is 0 Å². The van der Waals surface area contributed by atoms with Gasteiger partial charge in [0.25, 0.3) is 0 Å². The van der Waals surface area contributed by atoms with Crippen LogP contribution in [-0.4, -0.2) is 10.2 Å². The fraction of sp³-hybridized carbons (Fsp3) is 0.250. The van der Waals surface area contributed by atoms with Crippen LogP contribution in [0.1, 0.15) is 5.69 Å². The van der Waals surface area contributed by atoms with Gasteiger partial charge in [-0.25, -0.2) is 0 Å². The molecule has 1 aromatic rings. The second kappa shape index (κ2) is 1.54. The third-order valence-corrected chi connectivity index (χ3v) is 0.868. The zero-order valence-corrected chi connectivity index (χ0v) is 4.66. The van der Waals surface area contributed by atoms with Crippen molar-refractivity contribution in [3.63, 3.8) is 0 Å². The van der Waals surface area contributed by atoms with Gasteiger partial charge in [-0.3, -0.25) is 5.10 Å². The fourth-order valence-corrected chi connectivity index (χ4v) is 0.590. The van der Waals surface area contributed by atoms with Gasteiger partial charge in [-0.2, -0.15) is 5.10 Å². The minimum Gasteiger partial charge on any atom is -0.267 e. The number of hydrogen-bond acceptors (Lipinski definition) is 1. The Labute approximate surface area is 46.5 Å². The van der Waals surface area contributed by atoms with E-state index in [1.54, 1.807) is 6.07 Å². The Morgan fingerprint density at radius 1 is 1.86 bits per heavy atom. The maximum Gasteiger partial charge on any atom is 0.124 e. The number of nitrogens with zero attached hydrogens (tertiary/aromatic N) is 1. The monoisotopic (exact) mass is 116 g/mol. The number of aryl methyl sites for hydroxylation is 1. The molecule has 1 heterocycles. The van der Waals surface area contributed by atoms with Gasteiger partial charge in [0, 0.05) is 0 Å². The minimum absolute atomic E-state index is 0.595.